The van der Waals surface area contributed by atoms with Gasteiger partial charge in [-0.25, -0.2) is 0 Å². The van der Waals surface area contributed by atoms with E-state index >= 15 is 0 Å². The zero-order chi connectivity index (χ0) is 43.7. The molecular formula is C54H92O6. The van der Waals surface area contributed by atoms with Crippen LogP contribution in [0.1, 0.15) is 233 Å². The van der Waals surface area contributed by atoms with Crippen molar-refractivity contribution in [2.45, 2.75) is 239 Å². The summed E-state index contributed by atoms with van der Waals surface area (Å²) in [5.74, 6) is -0.953. The number of ether oxygens (including phenoxy) is 3. The van der Waals surface area contributed by atoms with Gasteiger partial charge in [-0.1, -0.05) is 196 Å². The third kappa shape index (κ3) is 45.9. The van der Waals surface area contributed by atoms with E-state index < -0.39 is 6.10 Å². The van der Waals surface area contributed by atoms with Crippen LogP contribution in [0.3, 0.4) is 0 Å². The molecule has 0 fully saturated rings. The highest BCUT2D eigenvalue weighted by Crippen LogP contribution is 2.14. The smallest absolute Gasteiger partial charge is 0.306 e. The summed E-state index contributed by atoms with van der Waals surface area (Å²) in [6.07, 6.45) is 60.3. The normalized spacial score (nSPS) is 12.7. The molecule has 1 unspecified atom stereocenters. The van der Waals surface area contributed by atoms with Crippen molar-refractivity contribution in [2.75, 3.05) is 13.2 Å². The van der Waals surface area contributed by atoms with E-state index in [1.807, 2.05) is 0 Å². The Labute approximate surface area is 370 Å². The molecule has 0 amide bonds. The molecule has 6 heteroatoms. The van der Waals surface area contributed by atoms with Crippen LogP contribution in [-0.4, -0.2) is 37.2 Å². The van der Waals surface area contributed by atoms with Crippen molar-refractivity contribution < 1.29 is 28.6 Å². The molecular weight excluding hydrogens is 745 g/mol. The van der Waals surface area contributed by atoms with Gasteiger partial charge < -0.3 is 14.2 Å². The van der Waals surface area contributed by atoms with Gasteiger partial charge in [0.25, 0.3) is 0 Å². The van der Waals surface area contributed by atoms with Gasteiger partial charge in [-0.3, -0.25) is 14.4 Å². The second-order valence-electron chi connectivity index (χ2n) is 16.3. The maximum atomic E-state index is 12.8. The zero-order valence-electron chi connectivity index (χ0n) is 39.2. The number of unbranched alkanes of at least 4 members (excludes halogenated alkanes) is 21. The largest absolute Gasteiger partial charge is 0.462 e. The minimum absolute atomic E-state index is 0.0956. The van der Waals surface area contributed by atoms with Gasteiger partial charge >= 0.3 is 17.9 Å². The number of carbonyl (C=O) groups is 3. The molecule has 0 aliphatic carbocycles. The summed E-state index contributed by atoms with van der Waals surface area (Å²) in [7, 11) is 0. The maximum absolute atomic E-state index is 12.8. The van der Waals surface area contributed by atoms with Gasteiger partial charge in [0.05, 0.1) is 0 Å². The number of hydrogen-bond acceptors (Lipinski definition) is 6. The molecule has 0 aromatic carbocycles. The van der Waals surface area contributed by atoms with Crippen LogP contribution in [0, 0.1) is 0 Å². The van der Waals surface area contributed by atoms with Crippen LogP contribution >= 0.6 is 0 Å². The third-order valence-electron chi connectivity index (χ3n) is 10.4. The Kier molecular flexibility index (Phi) is 46.0. The Balaban J connectivity index is 4.46. The lowest BCUT2D eigenvalue weighted by molar-refractivity contribution is -0.167. The molecule has 6 nitrogen and oxygen atoms in total. The Morgan fingerprint density at radius 1 is 0.350 bits per heavy atom. The van der Waals surface area contributed by atoms with Crippen molar-refractivity contribution in [1.29, 1.82) is 0 Å². The fourth-order valence-corrected chi connectivity index (χ4v) is 6.70. The van der Waals surface area contributed by atoms with Gasteiger partial charge in [-0.05, 0) is 89.9 Å². The van der Waals surface area contributed by atoms with Crippen molar-refractivity contribution in [3.8, 4) is 0 Å². The van der Waals surface area contributed by atoms with Crippen molar-refractivity contribution >= 4 is 17.9 Å². The molecule has 0 N–H and O–H groups in total. The Bertz CT molecular complexity index is 1140. The number of carbonyl (C=O) groups excluding carboxylic acids is 3. The first-order valence-electron chi connectivity index (χ1n) is 24.9. The van der Waals surface area contributed by atoms with Crippen molar-refractivity contribution in [1.82, 2.24) is 0 Å². The molecule has 1 atom stereocenters. The quantitative estimate of drug-likeness (QED) is 0.0263. The third-order valence-corrected chi connectivity index (χ3v) is 10.4. The van der Waals surface area contributed by atoms with E-state index in [4.69, 9.17) is 14.2 Å². The van der Waals surface area contributed by atoms with Crippen LogP contribution in [0.4, 0.5) is 0 Å². The molecule has 0 saturated heterocycles. The number of allylic oxidation sites excluding steroid dienone is 12. The zero-order valence-corrected chi connectivity index (χ0v) is 39.2. The van der Waals surface area contributed by atoms with Crippen molar-refractivity contribution in [2.24, 2.45) is 0 Å². The predicted octanol–water partition coefficient (Wildman–Crippen LogP) is 16.3. The minimum Gasteiger partial charge on any atom is -0.462 e. The summed E-state index contributed by atoms with van der Waals surface area (Å²) >= 11 is 0. The SMILES string of the molecule is CC/C=C\C/C=C\C/C=C\C/C=C\CCCCC(=O)OC(COC(=O)CCCCCCC/C=C\C/C=C\CCCCCC)COC(=O)CCCCCCCCCCCCC. The standard InChI is InChI=1S/C54H92O6/c1-4-7-10-13-16-19-22-24-26-28-29-32-35-38-41-44-47-53(56)59-50-51(49-58-52(55)46-43-40-37-34-31-21-18-15-12-9-6-3)60-54(57)48-45-42-39-36-33-30-27-25-23-20-17-14-11-8-5-2/h8,11,17,19-20,22,25-28,33,36,51H,4-7,9-10,12-16,18,21,23-24,29-32,34-35,37-50H2,1-3H3/b11-8-,20-17-,22-19-,27-25-,28-26-,36-33-. The highest BCUT2D eigenvalue weighted by atomic mass is 16.6. The Hall–Kier alpha value is -3.15. The summed E-state index contributed by atoms with van der Waals surface area (Å²) in [6.45, 7) is 6.45. The van der Waals surface area contributed by atoms with E-state index in [0.717, 1.165) is 103 Å². The summed E-state index contributed by atoms with van der Waals surface area (Å²) in [4.78, 5) is 37.9. The molecule has 0 rings (SSSR count). The maximum Gasteiger partial charge on any atom is 0.306 e. The molecule has 0 aliphatic rings. The lowest BCUT2D eigenvalue weighted by atomic mass is 10.1. The van der Waals surface area contributed by atoms with Crippen molar-refractivity contribution in [3.63, 3.8) is 0 Å². The molecule has 0 saturated carbocycles. The van der Waals surface area contributed by atoms with E-state index in [0.29, 0.717) is 19.3 Å². The minimum atomic E-state index is -0.800. The molecule has 0 aromatic rings. The summed E-state index contributed by atoms with van der Waals surface area (Å²) in [5, 5.41) is 0. The molecule has 0 radical (unpaired) electrons. The lowest BCUT2D eigenvalue weighted by Gasteiger charge is -2.18. The van der Waals surface area contributed by atoms with Crippen LogP contribution in [0.25, 0.3) is 0 Å². The van der Waals surface area contributed by atoms with E-state index in [1.54, 1.807) is 0 Å². The van der Waals surface area contributed by atoms with Gasteiger partial charge in [-0.15, -0.1) is 0 Å². The average molecular weight is 837 g/mol. The van der Waals surface area contributed by atoms with Crippen LogP contribution in [0.5, 0.6) is 0 Å². The highest BCUT2D eigenvalue weighted by molar-refractivity contribution is 5.71. The fourth-order valence-electron chi connectivity index (χ4n) is 6.70. The summed E-state index contributed by atoms with van der Waals surface area (Å²) in [6, 6.07) is 0. The molecule has 0 heterocycles. The van der Waals surface area contributed by atoms with Gasteiger partial charge in [0.1, 0.15) is 13.2 Å². The number of rotatable bonds is 44. The average Bonchev–Trinajstić information content (AvgIpc) is 3.24. The Morgan fingerprint density at radius 2 is 0.650 bits per heavy atom. The topological polar surface area (TPSA) is 78.9 Å². The number of hydrogen-bond donors (Lipinski definition) is 0. The van der Waals surface area contributed by atoms with E-state index in [9.17, 15) is 14.4 Å². The molecule has 0 aliphatic heterocycles. The van der Waals surface area contributed by atoms with Gasteiger partial charge in [0.15, 0.2) is 6.10 Å². The monoisotopic (exact) mass is 837 g/mol. The summed E-state index contributed by atoms with van der Waals surface area (Å²) in [5.41, 5.74) is 0. The molecule has 0 aromatic heterocycles. The number of esters is 3. The molecule has 0 bridgehead atoms. The molecule has 344 valence electrons. The van der Waals surface area contributed by atoms with Crippen LogP contribution in [0.15, 0.2) is 72.9 Å². The first-order chi connectivity index (χ1) is 29.5. The van der Waals surface area contributed by atoms with Crippen molar-refractivity contribution in [3.05, 3.63) is 72.9 Å². The van der Waals surface area contributed by atoms with Gasteiger partial charge in [-0.2, -0.15) is 0 Å². The summed E-state index contributed by atoms with van der Waals surface area (Å²) < 4.78 is 16.7. The predicted molar refractivity (Wildman–Crippen MR) is 256 cm³/mol. The second-order valence-corrected chi connectivity index (χ2v) is 16.3. The van der Waals surface area contributed by atoms with Crippen LogP contribution < -0.4 is 0 Å². The van der Waals surface area contributed by atoms with E-state index in [2.05, 4.69) is 93.7 Å². The van der Waals surface area contributed by atoms with Crippen LogP contribution in [0.2, 0.25) is 0 Å². The lowest BCUT2D eigenvalue weighted by Crippen LogP contribution is -2.30. The second kappa shape index (κ2) is 48.5. The van der Waals surface area contributed by atoms with E-state index in [-0.39, 0.29) is 37.5 Å². The van der Waals surface area contributed by atoms with Gasteiger partial charge in [0, 0.05) is 19.3 Å². The van der Waals surface area contributed by atoms with Gasteiger partial charge in [0.2, 0.25) is 0 Å². The first-order valence-corrected chi connectivity index (χ1v) is 24.9. The first kappa shape index (κ1) is 56.9. The Morgan fingerprint density at radius 3 is 1.07 bits per heavy atom. The highest BCUT2D eigenvalue weighted by Gasteiger charge is 2.19. The van der Waals surface area contributed by atoms with E-state index in [1.165, 1.54) is 83.5 Å². The molecule has 0 spiro atoms. The fraction of sp³-hybridized carbons (Fsp3) is 0.722. The molecule has 60 heavy (non-hydrogen) atoms. The van der Waals surface area contributed by atoms with Crippen LogP contribution in [-0.2, 0) is 28.6 Å².